The number of halogens is 1. The number of anilines is 1. The highest BCUT2D eigenvalue weighted by molar-refractivity contribution is 6.34. The topological polar surface area (TPSA) is 98.3 Å². The number of nitrogens with two attached hydrogens (primary N) is 1. The van der Waals surface area contributed by atoms with Crippen LogP contribution in [0.3, 0.4) is 0 Å². The third kappa shape index (κ3) is 3.49. The third-order valence-corrected chi connectivity index (χ3v) is 3.18. The largest absolute Gasteiger partial charge is 0.392 e. The number of carbonyl (C=O) groups excluding carboxylic acids is 1. The Morgan fingerprint density at radius 3 is 2.57 bits per heavy atom. The van der Waals surface area contributed by atoms with Crippen LogP contribution in [0.1, 0.15) is 15.9 Å². The molecule has 0 aromatic heterocycles. The number of nitro groups is 1. The number of hydrogen-bond donors (Lipinski definition) is 2. The predicted octanol–water partition coefficient (Wildman–Crippen LogP) is 2.76. The number of nitrogens with zero attached hydrogens (tertiary/aromatic N) is 1. The van der Waals surface area contributed by atoms with E-state index in [2.05, 4.69) is 5.32 Å². The second kappa shape index (κ2) is 6.23. The van der Waals surface area contributed by atoms with Gasteiger partial charge in [-0.3, -0.25) is 14.9 Å². The second-order valence-corrected chi connectivity index (χ2v) is 4.72. The van der Waals surface area contributed by atoms with Crippen molar-refractivity contribution in [2.45, 2.75) is 6.54 Å². The van der Waals surface area contributed by atoms with Crippen molar-refractivity contribution in [1.82, 2.24) is 5.32 Å². The Morgan fingerprint density at radius 2 is 1.95 bits per heavy atom. The first-order valence-corrected chi connectivity index (χ1v) is 6.42. The lowest BCUT2D eigenvalue weighted by Crippen LogP contribution is -2.23. The summed E-state index contributed by atoms with van der Waals surface area (Å²) in [4.78, 5) is 22.2. The Labute approximate surface area is 125 Å². The van der Waals surface area contributed by atoms with Crippen molar-refractivity contribution in [3.05, 3.63) is 68.7 Å². The fraction of sp³-hybridized carbons (Fsp3) is 0.0714. The zero-order valence-corrected chi connectivity index (χ0v) is 11.6. The van der Waals surface area contributed by atoms with E-state index in [0.29, 0.717) is 6.54 Å². The van der Waals surface area contributed by atoms with Gasteiger partial charge in [0.2, 0.25) is 0 Å². The van der Waals surface area contributed by atoms with Gasteiger partial charge in [-0.2, -0.15) is 0 Å². The molecule has 7 heteroatoms. The number of nitrogen functional groups attached to an aromatic ring is 1. The first-order valence-electron chi connectivity index (χ1n) is 6.04. The molecule has 0 spiro atoms. The second-order valence-electron chi connectivity index (χ2n) is 4.32. The van der Waals surface area contributed by atoms with Crippen molar-refractivity contribution in [1.29, 1.82) is 0 Å². The maximum absolute atomic E-state index is 12.0. The van der Waals surface area contributed by atoms with E-state index >= 15 is 0 Å². The zero-order valence-electron chi connectivity index (χ0n) is 10.9. The van der Waals surface area contributed by atoms with Crippen LogP contribution < -0.4 is 11.1 Å². The minimum absolute atomic E-state index is 0.0194. The van der Waals surface area contributed by atoms with Gasteiger partial charge in [0.05, 0.1) is 9.95 Å². The normalized spacial score (nSPS) is 10.1. The van der Waals surface area contributed by atoms with Crippen LogP contribution >= 0.6 is 11.6 Å². The van der Waals surface area contributed by atoms with Crippen LogP contribution in [-0.2, 0) is 6.54 Å². The average Bonchev–Trinajstić information content (AvgIpc) is 2.48. The van der Waals surface area contributed by atoms with E-state index < -0.39 is 10.8 Å². The Morgan fingerprint density at radius 1 is 1.29 bits per heavy atom. The molecular weight excluding hydrogens is 294 g/mol. The lowest BCUT2D eigenvalue weighted by Gasteiger charge is -2.07. The molecule has 0 radical (unpaired) electrons. The van der Waals surface area contributed by atoms with Gasteiger partial charge < -0.3 is 11.1 Å². The van der Waals surface area contributed by atoms with Gasteiger partial charge in [0.25, 0.3) is 11.6 Å². The molecule has 0 aliphatic carbocycles. The fourth-order valence-corrected chi connectivity index (χ4v) is 1.98. The van der Waals surface area contributed by atoms with Gasteiger partial charge >= 0.3 is 0 Å². The van der Waals surface area contributed by atoms with Gasteiger partial charge in [0.15, 0.2) is 0 Å². The van der Waals surface area contributed by atoms with E-state index in [0.717, 1.165) is 11.6 Å². The van der Waals surface area contributed by atoms with Crippen molar-refractivity contribution < 1.29 is 9.72 Å². The molecule has 0 saturated carbocycles. The molecule has 2 rings (SSSR count). The highest BCUT2D eigenvalue weighted by Gasteiger charge is 2.19. The molecule has 2 aromatic carbocycles. The van der Waals surface area contributed by atoms with E-state index in [1.54, 1.807) is 0 Å². The number of carbonyl (C=O) groups is 1. The first kappa shape index (κ1) is 14.8. The van der Waals surface area contributed by atoms with Gasteiger partial charge in [-0.15, -0.1) is 0 Å². The molecule has 0 bridgehead atoms. The highest BCUT2D eigenvalue weighted by Crippen LogP contribution is 2.30. The van der Waals surface area contributed by atoms with Gasteiger partial charge in [-0.05, 0) is 11.6 Å². The lowest BCUT2D eigenvalue weighted by atomic mass is 10.1. The van der Waals surface area contributed by atoms with Crippen LogP contribution in [0.4, 0.5) is 11.4 Å². The van der Waals surface area contributed by atoms with E-state index in [-0.39, 0.29) is 22.0 Å². The number of rotatable bonds is 4. The summed E-state index contributed by atoms with van der Waals surface area (Å²) in [7, 11) is 0. The molecule has 0 atom stereocenters. The Bertz CT molecular complexity index is 689. The number of hydrogen-bond acceptors (Lipinski definition) is 4. The molecule has 0 fully saturated rings. The monoisotopic (exact) mass is 305 g/mol. The lowest BCUT2D eigenvalue weighted by molar-refractivity contribution is -0.383. The maximum Gasteiger partial charge on any atom is 0.294 e. The summed E-state index contributed by atoms with van der Waals surface area (Å²) >= 11 is 5.81. The molecule has 1 amide bonds. The van der Waals surface area contributed by atoms with Crippen LogP contribution in [0, 0.1) is 10.1 Å². The van der Waals surface area contributed by atoms with Crippen LogP contribution in [-0.4, -0.2) is 10.8 Å². The van der Waals surface area contributed by atoms with E-state index in [1.165, 1.54) is 6.07 Å². The quantitative estimate of drug-likeness (QED) is 0.515. The molecule has 3 N–H and O–H groups in total. The molecule has 21 heavy (non-hydrogen) atoms. The predicted molar refractivity (Wildman–Crippen MR) is 80.1 cm³/mol. The fourth-order valence-electron chi connectivity index (χ4n) is 1.77. The summed E-state index contributed by atoms with van der Waals surface area (Å²) in [5.74, 6) is -0.455. The molecule has 0 aliphatic heterocycles. The SMILES string of the molecule is Nc1c(Cl)cc(C(=O)NCc2ccccc2)cc1[N+](=O)[O-]. The average molecular weight is 306 g/mol. The molecule has 0 heterocycles. The first-order chi connectivity index (χ1) is 9.99. The standard InChI is InChI=1S/C14H12ClN3O3/c15-11-6-10(7-12(13(11)16)18(20)21)14(19)17-8-9-4-2-1-3-5-9/h1-7H,8,16H2,(H,17,19). The third-order valence-electron chi connectivity index (χ3n) is 2.86. The van der Waals surface area contributed by atoms with Gasteiger partial charge in [0, 0.05) is 18.2 Å². The smallest absolute Gasteiger partial charge is 0.294 e. The van der Waals surface area contributed by atoms with Gasteiger partial charge in [-0.25, -0.2) is 0 Å². The molecule has 0 saturated heterocycles. The van der Waals surface area contributed by atoms with E-state index in [1.807, 2.05) is 30.3 Å². The number of amides is 1. The van der Waals surface area contributed by atoms with Crippen molar-refractivity contribution in [2.75, 3.05) is 5.73 Å². The highest BCUT2D eigenvalue weighted by atomic mass is 35.5. The molecule has 2 aromatic rings. The molecule has 0 aliphatic rings. The van der Waals surface area contributed by atoms with Crippen molar-refractivity contribution in [3.8, 4) is 0 Å². The van der Waals surface area contributed by atoms with Crippen LogP contribution in [0.5, 0.6) is 0 Å². The van der Waals surface area contributed by atoms with E-state index in [9.17, 15) is 14.9 Å². The molecule has 108 valence electrons. The Kier molecular flexibility index (Phi) is 4.39. The van der Waals surface area contributed by atoms with Gasteiger partial charge in [-0.1, -0.05) is 41.9 Å². The molecular formula is C14H12ClN3O3. The molecule has 6 nitrogen and oxygen atoms in total. The van der Waals surface area contributed by atoms with Crippen molar-refractivity contribution >= 4 is 28.9 Å². The summed E-state index contributed by atoms with van der Waals surface area (Å²) in [5, 5.41) is 13.5. The van der Waals surface area contributed by atoms with Gasteiger partial charge in [0.1, 0.15) is 5.69 Å². The number of benzene rings is 2. The zero-order chi connectivity index (χ0) is 15.4. The number of nitrogens with one attached hydrogen (secondary N) is 1. The van der Waals surface area contributed by atoms with E-state index in [4.69, 9.17) is 17.3 Å². The summed E-state index contributed by atoms with van der Waals surface area (Å²) < 4.78 is 0. The Hall–Kier alpha value is -2.60. The van der Waals surface area contributed by atoms with Crippen LogP contribution in [0.2, 0.25) is 5.02 Å². The summed E-state index contributed by atoms with van der Waals surface area (Å²) in [6.45, 7) is 0.315. The molecule has 0 unspecified atom stereocenters. The Balaban J connectivity index is 2.18. The van der Waals surface area contributed by atoms with Crippen molar-refractivity contribution in [3.63, 3.8) is 0 Å². The summed E-state index contributed by atoms with van der Waals surface area (Å²) in [6, 6.07) is 11.7. The minimum Gasteiger partial charge on any atom is -0.392 e. The minimum atomic E-state index is -0.671. The number of nitro benzene ring substituents is 1. The van der Waals surface area contributed by atoms with Crippen molar-refractivity contribution in [2.24, 2.45) is 0 Å². The maximum atomic E-state index is 12.0. The van der Waals surface area contributed by atoms with Crippen LogP contribution in [0.25, 0.3) is 0 Å². The summed E-state index contributed by atoms with van der Waals surface area (Å²) in [5.41, 5.74) is 5.99. The summed E-state index contributed by atoms with van der Waals surface area (Å²) in [6.07, 6.45) is 0. The van der Waals surface area contributed by atoms with Crippen LogP contribution in [0.15, 0.2) is 42.5 Å².